The highest BCUT2D eigenvalue weighted by molar-refractivity contribution is 8.00. The number of alkyl halides is 2. The first-order chi connectivity index (χ1) is 15.3. The van der Waals surface area contributed by atoms with Crippen LogP contribution in [0.2, 0.25) is 0 Å². The molecule has 0 radical (unpaired) electrons. The first-order valence-electron chi connectivity index (χ1n) is 9.68. The molecule has 2 heterocycles. The number of carbonyl (C=O) groups excluding carboxylic acids is 2. The van der Waals surface area contributed by atoms with E-state index < -0.39 is 23.8 Å². The first kappa shape index (κ1) is 21.8. The lowest BCUT2D eigenvalue weighted by Crippen LogP contribution is -2.39. The van der Waals surface area contributed by atoms with Crippen LogP contribution >= 0.6 is 11.8 Å². The zero-order valence-corrected chi connectivity index (χ0v) is 17.6. The number of benzene rings is 2. The van der Waals surface area contributed by atoms with E-state index in [1.807, 2.05) is 0 Å². The van der Waals surface area contributed by atoms with E-state index in [1.54, 1.807) is 31.2 Å². The second-order valence-corrected chi connectivity index (χ2v) is 8.21. The predicted octanol–water partition coefficient (Wildman–Crippen LogP) is 3.02. The minimum absolute atomic E-state index is 0.0525. The van der Waals surface area contributed by atoms with Crippen molar-refractivity contribution in [1.29, 1.82) is 0 Å². The molecular weight excluding hydrogens is 442 g/mol. The molecule has 4 rings (SSSR count). The SMILES string of the molecule is CC(Sc1nc2ccccc2c(=O)n1-c1ccc(OC(F)F)cc1)C(=O)N1CCNC1=O. The van der Waals surface area contributed by atoms with Crippen molar-refractivity contribution in [2.45, 2.75) is 23.9 Å². The van der Waals surface area contributed by atoms with Crippen LogP contribution < -0.4 is 15.6 Å². The number of nitrogens with one attached hydrogen (secondary N) is 1. The minimum Gasteiger partial charge on any atom is -0.435 e. The molecule has 3 amide bonds. The van der Waals surface area contributed by atoms with Gasteiger partial charge in [0, 0.05) is 13.1 Å². The maximum absolute atomic E-state index is 13.3. The van der Waals surface area contributed by atoms with Crippen molar-refractivity contribution >= 4 is 34.6 Å². The average molecular weight is 460 g/mol. The standard InChI is InChI=1S/C21H18F2N4O4S/c1-12(17(28)26-11-10-24-20(26)30)32-21-25-16-5-3-2-4-15(16)18(29)27(21)13-6-8-14(9-7-13)31-19(22)23/h2-9,12,19H,10-11H2,1H3,(H,24,30). The van der Waals surface area contributed by atoms with E-state index in [1.165, 1.54) is 28.8 Å². The van der Waals surface area contributed by atoms with Gasteiger partial charge in [0.2, 0.25) is 5.91 Å². The summed E-state index contributed by atoms with van der Waals surface area (Å²) in [5.41, 5.74) is 0.447. The van der Waals surface area contributed by atoms with Crippen molar-refractivity contribution in [2.75, 3.05) is 13.1 Å². The number of hydrogen-bond acceptors (Lipinski definition) is 6. The van der Waals surface area contributed by atoms with Crippen molar-refractivity contribution in [3.8, 4) is 11.4 Å². The van der Waals surface area contributed by atoms with Gasteiger partial charge in [-0.25, -0.2) is 9.78 Å². The molecule has 1 aliphatic rings. The Balaban J connectivity index is 1.75. The van der Waals surface area contributed by atoms with Crippen molar-refractivity contribution in [1.82, 2.24) is 19.8 Å². The van der Waals surface area contributed by atoms with Gasteiger partial charge in [-0.1, -0.05) is 23.9 Å². The Morgan fingerprint density at radius 2 is 1.88 bits per heavy atom. The zero-order chi connectivity index (χ0) is 22.8. The Morgan fingerprint density at radius 1 is 1.16 bits per heavy atom. The van der Waals surface area contributed by atoms with Crippen molar-refractivity contribution < 1.29 is 23.1 Å². The molecule has 0 saturated carbocycles. The molecule has 1 aromatic heterocycles. The van der Waals surface area contributed by atoms with Crippen LogP contribution in [0, 0.1) is 0 Å². The molecule has 1 aliphatic heterocycles. The van der Waals surface area contributed by atoms with Gasteiger partial charge in [-0.15, -0.1) is 0 Å². The summed E-state index contributed by atoms with van der Waals surface area (Å²) in [6, 6.07) is 11.9. The number of imide groups is 1. The summed E-state index contributed by atoms with van der Waals surface area (Å²) in [6.07, 6.45) is 0. The molecule has 32 heavy (non-hydrogen) atoms. The van der Waals surface area contributed by atoms with Crippen LogP contribution in [0.15, 0.2) is 58.5 Å². The Hall–Kier alpha value is -3.47. The Morgan fingerprint density at radius 3 is 2.53 bits per heavy atom. The topological polar surface area (TPSA) is 93.5 Å². The number of aromatic nitrogens is 2. The number of rotatable bonds is 6. The third kappa shape index (κ3) is 4.28. The van der Waals surface area contributed by atoms with Crippen LogP contribution in [0.3, 0.4) is 0 Å². The number of carbonyl (C=O) groups is 2. The van der Waals surface area contributed by atoms with Crippen LogP contribution in [0.1, 0.15) is 6.92 Å². The van der Waals surface area contributed by atoms with E-state index in [4.69, 9.17) is 0 Å². The molecule has 8 nitrogen and oxygen atoms in total. The number of amides is 3. The normalized spacial score (nSPS) is 14.6. The van der Waals surface area contributed by atoms with E-state index in [9.17, 15) is 23.2 Å². The van der Waals surface area contributed by atoms with Crippen molar-refractivity contribution in [2.24, 2.45) is 0 Å². The summed E-state index contributed by atoms with van der Waals surface area (Å²) in [6.45, 7) is -0.684. The van der Waals surface area contributed by atoms with Gasteiger partial charge >= 0.3 is 12.6 Å². The van der Waals surface area contributed by atoms with Gasteiger partial charge in [-0.2, -0.15) is 8.78 Å². The molecule has 166 valence electrons. The molecule has 3 aromatic rings. The maximum Gasteiger partial charge on any atom is 0.387 e. The molecule has 1 N–H and O–H groups in total. The van der Waals surface area contributed by atoms with E-state index in [0.717, 1.165) is 16.7 Å². The maximum atomic E-state index is 13.3. The average Bonchev–Trinajstić information content (AvgIpc) is 3.19. The highest BCUT2D eigenvalue weighted by atomic mass is 32.2. The minimum atomic E-state index is -2.97. The fourth-order valence-corrected chi connectivity index (χ4v) is 4.29. The van der Waals surface area contributed by atoms with E-state index in [2.05, 4.69) is 15.0 Å². The molecule has 0 spiro atoms. The quantitative estimate of drug-likeness (QED) is 0.449. The third-order valence-electron chi connectivity index (χ3n) is 4.82. The predicted molar refractivity (Wildman–Crippen MR) is 114 cm³/mol. The van der Waals surface area contributed by atoms with Crippen molar-refractivity contribution in [3.63, 3.8) is 0 Å². The van der Waals surface area contributed by atoms with Gasteiger partial charge in [0.25, 0.3) is 5.56 Å². The fourth-order valence-electron chi connectivity index (χ4n) is 3.31. The first-order valence-corrected chi connectivity index (χ1v) is 10.6. The summed E-state index contributed by atoms with van der Waals surface area (Å²) in [7, 11) is 0. The number of para-hydroxylation sites is 1. The summed E-state index contributed by atoms with van der Waals surface area (Å²) < 4.78 is 30.6. The third-order valence-corrected chi connectivity index (χ3v) is 5.86. The molecule has 0 aliphatic carbocycles. The molecule has 1 atom stereocenters. The van der Waals surface area contributed by atoms with Gasteiger partial charge in [-0.3, -0.25) is 19.1 Å². The van der Waals surface area contributed by atoms with Crippen molar-refractivity contribution in [3.05, 3.63) is 58.9 Å². The monoisotopic (exact) mass is 460 g/mol. The van der Waals surface area contributed by atoms with Crippen LogP contribution in [0.4, 0.5) is 13.6 Å². The van der Waals surface area contributed by atoms with Gasteiger partial charge in [0.1, 0.15) is 5.75 Å². The van der Waals surface area contributed by atoms with E-state index in [0.29, 0.717) is 23.1 Å². The van der Waals surface area contributed by atoms with E-state index in [-0.39, 0.29) is 23.0 Å². The lowest BCUT2D eigenvalue weighted by molar-refractivity contribution is -0.126. The molecule has 11 heteroatoms. The summed E-state index contributed by atoms with van der Waals surface area (Å²) >= 11 is 1.04. The number of nitrogens with zero attached hydrogens (tertiary/aromatic N) is 3. The Kier molecular flexibility index (Phi) is 6.08. The van der Waals surface area contributed by atoms with Crippen LogP contribution in [-0.4, -0.2) is 51.3 Å². The second kappa shape index (κ2) is 8.95. The van der Waals surface area contributed by atoms with Gasteiger partial charge in [0.15, 0.2) is 5.16 Å². The number of urea groups is 1. The Bertz CT molecular complexity index is 1230. The highest BCUT2D eigenvalue weighted by Gasteiger charge is 2.31. The molecular formula is C21H18F2N4O4S. The smallest absolute Gasteiger partial charge is 0.387 e. The number of thioether (sulfide) groups is 1. The van der Waals surface area contributed by atoms with Gasteiger partial charge in [-0.05, 0) is 43.3 Å². The Labute approximate surface area is 185 Å². The molecule has 1 saturated heterocycles. The lowest BCUT2D eigenvalue weighted by Gasteiger charge is -2.19. The second-order valence-electron chi connectivity index (χ2n) is 6.91. The number of halogens is 2. The summed E-state index contributed by atoms with van der Waals surface area (Å²) in [5, 5.41) is 2.47. The van der Waals surface area contributed by atoms with Gasteiger partial charge < -0.3 is 10.1 Å². The van der Waals surface area contributed by atoms with Crippen LogP contribution in [-0.2, 0) is 4.79 Å². The fraction of sp³-hybridized carbons (Fsp3) is 0.238. The molecule has 2 aromatic carbocycles. The zero-order valence-electron chi connectivity index (χ0n) is 16.8. The van der Waals surface area contributed by atoms with E-state index >= 15 is 0 Å². The molecule has 1 fully saturated rings. The molecule has 0 bridgehead atoms. The summed E-state index contributed by atoms with van der Waals surface area (Å²) in [4.78, 5) is 43.5. The van der Waals surface area contributed by atoms with Gasteiger partial charge in [0.05, 0.1) is 21.8 Å². The lowest BCUT2D eigenvalue weighted by atomic mass is 10.2. The largest absolute Gasteiger partial charge is 0.435 e. The highest BCUT2D eigenvalue weighted by Crippen LogP contribution is 2.27. The molecule has 1 unspecified atom stereocenters. The number of hydrogen-bond donors (Lipinski definition) is 1. The summed E-state index contributed by atoms with van der Waals surface area (Å²) in [5.74, 6) is -0.456. The number of ether oxygens (including phenoxy) is 1. The number of fused-ring (bicyclic) bond motifs is 1. The van der Waals surface area contributed by atoms with Crippen LogP contribution in [0.25, 0.3) is 16.6 Å². The van der Waals surface area contributed by atoms with Crippen LogP contribution in [0.5, 0.6) is 5.75 Å².